The topological polar surface area (TPSA) is 66.8 Å². The summed E-state index contributed by atoms with van der Waals surface area (Å²) in [5.74, 6) is -1.39. The monoisotopic (exact) mass is 301 g/mol. The van der Waals surface area contributed by atoms with E-state index in [4.69, 9.17) is 21.4 Å². The summed E-state index contributed by atoms with van der Waals surface area (Å²) in [6.45, 7) is 0.666. The fourth-order valence-corrected chi connectivity index (χ4v) is 2.70. The van der Waals surface area contributed by atoms with E-state index in [1.807, 2.05) is 0 Å². The number of carboxylic acids is 1. The van der Waals surface area contributed by atoms with Gasteiger partial charge in [-0.2, -0.15) is 0 Å². The van der Waals surface area contributed by atoms with Gasteiger partial charge in [0.2, 0.25) is 5.91 Å². The number of morpholine rings is 1. The molecule has 1 atom stereocenters. The highest BCUT2D eigenvalue weighted by atomic mass is 35.5. The molecule has 1 saturated heterocycles. The van der Waals surface area contributed by atoms with E-state index in [1.165, 1.54) is 22.3 Å². The van der Waals surface area contributed by atoms with Crippen molar-refractivity contribution >= 4 is 40.9 Å². The van der Waals surface area contributed by atoms with Crippen LogP contribution in [0.2, 0.25) is 4.34 Å². The average Bonchev–Trinajstić information content (AvgIpc) is 2.81. The molecule has 2 rings (SSSR count). The summed E-state index contributed by atoms with van der Waals surface area (Å²) < 4.78 is 5.72. The summed E-state index contributed by atoms with van der Waals surface area (Å²) in [6.07, 6.45) is 3.00. The molecular weight excluding hydrogens is 290 g/mol. The van der Waals surface area contributed by atoms with Crippen molar-refractivity contribution in [1.29, 1.82) is 0 Å². The maximum absolute atomic E-state index is 12.0. The zero-order valence-corrected chi connectivity index (χ0v) is 11.5. The Kier molecular flexibility index (Phi) is 4.57. The minimum absolute atomic E-state index is 0.0275. The molecule has 19 heavy (non-hydrogen) atoms. The molecule has 7 heteroatoms. The standard InChI is InChI=1S/C12H12ClNO4S/c13-10-3-1-8(19-10)2-4-11(15)14-5-6-18-7-9(14)12(16)17/h1-4,9H,5-7H2,(H,16,17)/b4-2-/t9-/m1/s1. The van der Waals surface area contributed by atoms with Gasteiger partial charge in [-0.3, -0.25) is 4.79 Å². The van der Waals surface area contributed by atoms with Crippen molar-refractivity contribution in [2.45, 2.75) is 6.04 Å². The third-order valence-electron chi connectivity index (χ3n) is 2.68. The lowest BCUT2D eigenvalue weighted by Crippen LogP contribution is -2.52. The molecule has 1 aromatic heterocycles. The first-order valence-electron chi connectivity index (χ1n) is 5.62. The number of carbonyl (C=O) groups is 2. The third kappa shape index (κ3) is 3.56. The van der Waals surface area contributed by atoms with Crippen molar-refractivity contribution in [3.05, 3.63) is 27.4 Å². The van der Waals surface area contributed by atoms with Gasteiger partial charge in [-0.05, 0) is 18.2 Å². The van der Waals surface area contributed by atoms with Gasteiger partial charge < -0.3 is 14.7 Å². The van der Waals surface area contributed by atoms with Gasteiger partial charge in [0.05, 0.1) is 17.6 Å². The van der Waals surface area contributed by atoms with Gasteiger partial charge in [0.1, 0.15) is 0 Å². The Hall–Kier alpha value is -1.37. The molecule has 1 amide bonds. The summed E-state index contributed by atoms with van der Waals surface area (Å²) in [5, 5.41) is 9.03. The Morgan fingerprint density at radius 3 is 2.95 bits per heavy atom. The maximum Gasteiger partial charge on any atom is 0.328 e. The van der Waals surface area contributed by atoms with Crippen LogP contribution >= 0.6 is 22.9 Å². The molecule has 0 bridgehead atoms. The number of aliphatic carboxylic acids is 1. The largest absolute Gasteiger partial charge is 0.480 e. The molecule has 1 aliphatic heterocycles. The van der Waals surface area contributed by atoms with Crippen LogP contribution in [0.1, 0.15) is 4.88 Å². The number of nitrogens with zero attached hydrogens (tertiary/aromatic N) is 1. The molecule has 1 aliphatic rings. The predicted molar refractivity (Wildman–Crippen MR) is 72.3 cm³/mol. The van der Waals surface area contributed by atoms with Gasteiger partial charge in [0.15, 0.2) is 6.04 Å². The van der Waals surface area contributed by atoms with Crippen LogP contribution in [0.3, 0.4) is 0 Å². The van der Waals surface area contributed by atoms with Crippen molar-refractivity contribution in [2.75, 3.05) is 19.8 Å². The van der Waals surface area contributed by atoms with Crippen LogP contribution in [0, 0.1) is 0 Å². The highest BCUT2D eigenvalue weighted by molar-refractivity contribution is 7.17. The normalized spacial score (nSPS) is 19.8. The molecule has 2 heterocycles. The summed E-state index contributed by atoms with van der Waals surface area (Å²) in [7, 11) is 0. The highest BCUT2D eigenvalue weighted by Crippen LogP contribution is 2.22. The van der Waals surface area contributed by atoms with Gasteiger partial charge in [0.25, 0.3) is 0 Å². The number of ether oxygens (including phenoxy) is 1. The zero-order valence-electron chi connectivity index (χ0n) is 9.91. The molecule has 0 aliphatic carbocycles. The summed E-state index contributed by atoms with van der Waals surface area (Å²) in [4.78, 5) is 25.2. The van der Waals surface area contributed by atoms with Crippen LogP contribution in [0.25, 0.3) is 6.08 Å². The van der Waals surface area contributed by atoms with Crippen LogP contribution in [0.5, 0.6) is 0 Å². The number of carbonyl (C=O) groups excluding carboxylic acids is 1. The fraction of sp³-hybridized carbons (Fsp3) is 0.333. The van der Waals surface area contributed by atoms with Crippen molar-refractivity contribution in [3.8, 4) is 0 Å². The molecule has 1 fully saturated rings. The van der Waals surface area contributed by atoms with Crippen LogP contribution in [0.15, 0.2) is 18.2 Å². The molecule has 0 saturated carbocycles. The van der Waals surface area contributed by atoms with E-state index in [0.717, 1.165) is 4.88 Å². The van der Waals surface area contributed by atoms with Gasteiger partial charge in [0, 0.05) is 17.5 Å². The molecule has 1 aromatic rings. The number of thiophene rings is 1. The van der Waals surface area contributed by atoms with Crippen molar-refractivity contribution < 1.29 is 19.4 Å². The molecule has 0 spiro atoms. The Morgan fingerprint density at radius 1 is 1.53 bits per heavy atom. The quantitative estimate of drug-likeness (QED) is 0.863. The second kappa shape index (κ2) is 6.18. The van der Waals surface area contributed by atoms with E-state index in [1.54, 1.807) is 18.2 Å². The maximum atomic E-state index is 12.0. The number of hydrogen-bond donors (Lipinski definition) is 1. The number of amides is 1. The van der Waals surface area contributed by atoms with Gasteiger partial charge in [-0.15, -0.1) is 11.3 Å². The summed E-state index contributed by atoms with van der Waals surface area (Å²) in [6, 6.07) is 2.62. The molecule has 5 nitrogen and oxygen atoms in total. The Labute approximate surface area is 119 Å². The van der Waals surface area contributed by atoms with E-state index < -0.39 is 12.0 Å². The minimum Gasteiger partial charge on any atom is -0.480 e. The third-order valence-corrected chi connectivity index (χ3v) is 3.88. The van der Waals surface area contributed by atoms with E-state index in [2.05, 4.69) is 0 Å². The molecular formula is C12H12ClNO4S. The molecule has 0 aromatic carbocycles. The van der Waals surface area contributed by atoms with E-state index >= 15 is 0 Å². The van der Waals surface area contributed by atoms with Crippen molar-refractivity contribution in [2.24, 2.45) is 0 Å². The second-order valence-electron chi connectivity index (χ2n) is 3.94. The van der Waals surface area contributed by atoms with E-state index in [-0.39, 0.29) is 19.1 Å². The Bertz CT molecular complexity index is 514. The Balaban J connectivity index is 2.05. The van der Waals surface area contributed by atoms with Gasteiger partial charge in [-0.1, -0.05) is 11.6 Å². The number of hydrogen-bond acceptors (Lipinski definition) is 4. The van der Waals surface area contributed by atoms with Gasteiger partial charge >= 0.3 is 5.97 Å². The SMILES string of the molecule is O=C(O)[C@H]1COCCN1C(=O)/C=C\c1ccc(Cl)s1. The van der Waals surface area contributed by atoms with E-state index in [9.17, 15) is 9.59 Å². The fourth-order valence-electron chi connectivity index (χ4n) is 1.74. The first-order valence-corrected chi connectivity index (χ1v) is 6.82. The number of halogens is 1. The second-order valence-corrected chi connectivity index (χ2v) is 5.68. The van der Waals surface area contributed by atoms with Crippen LogP contribution < -0.4 is 0 Å². The lowest BCUT2D eigenvalue weighted by atomic mass is 10.2. The zero-order chi connectivity index (χ0) is 13.8. The summed E-state index contributed by atoms with van der Waals surface area (Å²) in [5.41, 5.74) is 0. The van der Waals surface area contributed by atoms with Crippen LogP contribution in [0.4, 0.5) is 0 Å². The average molecular weight is 302 g/mol. The number of carboxylic acid groups (broad SMARTS) is 1. The smallest absolute Gasteiger partial charge is 0.328 e. The first kappa shape index (κ1) is 14.0. The minimum atomic E-state index is -1.05. The number of rotatable bonds is 3. The lowest BCUT2D eigenvalue weighted by molar-refractivity contribution is -0.156. The van der Waals surface area contributed by atoms with Crippen LogP contribution in [-0.2, 0) is 14.3 Å². The lowest BCUT2D eigenvalue weighted by Gasteiger charge is -2.31. The van der Waals surface area contributed by atoms with Gasteiger partial charge in [-0.25, -0.2) is 4.79 Å². The molecule has 102 valence electrons. The highest BCUT2D eigenvalue weighted by Gasteiger charge is 2.31. The predicted octanol–water partition coefficient (Wildman–Crippen LogP) is 1.73. The molecule has 0 radical (unpaired) electrons. The van der Waals surface area contributed by atoms with Crippen molar-refractivity contribution in [1.82, 2.24) is 4.90 Å². The summed E-state index contributed by atoms with van der Waals surface area (Å²) >= 11 is 7.13. The first-order chi connectivity index (χ1) is 9.08. The Morgan fingerprint density at radius 2 is 2.32 bits per heavy atom. The molecule has 1 N–H and O–H groups in total. The van der Waals surface area contributed by atoms with Crippen molar-refractivity contribution in [3.63, 3.8) is 0 Å². The van der Waals surface area contributed by atoms with E-state index in [0.29, 0.717) is 10.9 Å². The molecule has 0 unspecified atom stereocenters. The van der Waals surface area contributed by atoms with Crippen LogP contribution in [-0.4, -0.2) is 47.7 Å².